The van der Waals surface area contributed by atoms with E-state index < -0.39 is 0 Å². The first-order valence-electron chi connectivity index (χ1n) is 7.11. The van der Waals surface area contributed by atoms with E-state index in [-0.39, 0.29) is 0 Å². The fourth-order valence-corrected chi connectivity index (χ4v) is 1.95. The zero-order valence-corrected chi connectivity index (χ0v) is 11.4. The minimum Gasteiger partial charge on any atom is -0.465 e. The molecule has 0 saturated carbocycles. The highest BCUT2D eigenvalue weighted by Gasteiger charge is 2.02. The number of aryl methyl sites for hydroxylation is 1. The summed E-state index contributed by atoms with van der Waals surface area (Å²) in [4.78, 5) is 0. The van der Waals surface area contributed by atoms with Crippen LogP contribution in [0.25, 0.3) is 6.08 Å². The van der Waals surface area contributed by atoms with Crippen LogP contribution in [0.3, 0.4) is 0 Å². The third kappa shape index (κ3) is 5.76. The van der Waals surface area contributed by atoms with Gasteiger partial charge in [-0.15, -0.1) is 0 Å². The van der Waals surface area contributed by atoms with E-state index in [4.69, 9.17) is 4.42 Å². The molecule has 0 fully saturated rings. The van der Waals surface area contributed by atoms with Crippen LogP contribution in [0, 0.1) is 0 Å². The number of furan rings is 1. The molecule has 0 N–H and O–H groups in total. The molecule has 0 amide bonds. The molecule has 1 heteroatoms. The standard InChI is InChI=1S/C16H26O/c1-3-5-7-9-11-15-13-14-17-16(15)12-10-8-6-4-2/h10,12-14H,3-9,11H2,1-2H3/b12-10+. The maximum atomic E-state index is 5.52. The number of hydrogen-bond donors (Lipinski definition) is 0. The van der Waals surface area contributed by atoms with Gasteiger partial charge in [-0.2, -0.15) is 0 Å². The summed E-state index contributed by atoms with van der Waals surface area (Å²) in [5.41, 5.74) is 1.37. The average molecular weight is 234 g/mol. The Kier molecular flexibility index (Phi) is 7.53. The summed E-state index contributed by atoms with van der Waals surface area (Å²) in [5.74, 6) is 1.07. The normalized spacial score (nSPS) is 11.4. The van der Waals surface area contributed by atoms with Gasteiger partial charge >= 0.3 is 0 Å². The molecule has 1 aromatic heterocycles. The molecule has 0 spiro atoms. The van der Waals surface area contributed by atoms with Gasteiger partial charge in [-0.1, -0.05) is 52.0 Å². The van der Waals surface area contributed by atoms with Gasteiger partial charge in [-0.25, -0.2) is 0 Å². The minimum absolute atomic E-state index is 1.07. The lowest BCUT2D eigenvalue weighted by molar-refractivity contribution is 0.551. The Hall–Kier alpha value is -0.980. The topological polar surface area (TPSA) is 13.1 Å². The second-order valence-electron chi connectivity index (χ2n) is 4.67. The highest BCUT2D eigenvalue weighted by Crippen LogP contribution is 2.16. The molecular formula is C16H26O. The molecule has 0 aliphatic rings. The predicted molar refractivity (Wildman–Crippen MR) is 75.1 cm³/mol. The van der Waals surface area contributed by atoms with Crippen molar-refractivity contribution >= 4 is 6.08 Å². The van der Waals surface area contributed by atoms with E-state index in [1.807, 2.05) is 6.26 Å². The van der Waals surface area contributed by atoms with E-state index in [9.17, 15) is 0 Å². The molecule has 0 aromatic carbocycles. The molecule has 0 aliphatic carbocycles. The van der Waals surface area contributed by atoms with Crippen molar-refractivity contribution in [3.05, 3.63) is 29.7 Å². The van der Waals surface area contributed by atoms with Gasteiger partial charge in [0.25, 0.3) is 0 Å². The van der Waals surface area contributed by atoms with Crippen molar-refractivity contribution < 1.29 is 4.42 Å². The lowest BCUT2D eigenvalue weighted by atomic mass is 10.1. The van der Waals surface area contributed by atoms with Crippen LogP contribution in [0.2, 0.25) is 0 Å². The minimum atomic E-state index is 1.07. The predicted octanol–water partition coefficient (Wildman–Crippen LogP) is 5.61. The molecule has 96 valence electrons. The molecule has 1 rings (SSSR count). The zero-order valence-electron chi connectivity index (χ0n) is 11.4. The third-order valence-corrected chi connectivity index (χ3v) is 3.07. The van der Waals surface area contributed by atoms with Crippen molar-refractivity contribution in [2.75, 3.05) is 0 Å². The smallest absolute Gasteiger partial charge is 0.129 e. The van der Waals surface area contributed by atoms with Crippen LogP contribution < -0.4 is 0 Å². The second-order valence-corrected chi connectivity index (χ2v) is 4.67. The molecule has 0 atom stereocenters. The molecule has 0 unspecified atom stereocenters. The summed E-state index contributed by atoms with van der Waals surface area (Å²) in [6, 6.07) is 2.12. The summed E-state index contributed by atoms with van der Waals surface area (Å²) in [6.45, 7) is 4.47. The van der Waals surface area contributed by atoms with Crippen molar-refractivity contribution in [3.8, 4) is 0 Å². The number of unbranched alkanes of at least 4 members (excludes halogenated alkanes) is 5. The second kappa shape index (κ2) is 9.09. The van der Waals surface area contributed by atoms with Crippen molar-refractivity contribution in [2.24, 2.45) is 0 Å². The number of allylic oxidation sites excluding steroid dienone is 1. The summed E-state index contributed by atoms with van der Waals surface area (Å²) in [6.07, 6.45) is 16.3. The average Bonchev–Trinajstić information content (AvgIpc) is 2.78. The van der Waals surface area contributed by atoms with Gasteiger partial charge in [0.2, 0.25) is 0 Å². The van der Waals surface area contributed by atoms with Crippen LogP contribution in [0.4, 0.5) is 0 Å². The van der Waals surface area contributed by atoms with E-state index in [0.717, 1.165) is 18.6 Å². The number of hydrogen-bond acceptors (Lipinski definition) is 1. The maximum Gasteiger partial charge on any atom is 0.129 e. The van der Waals surface area contributed by atoms with Gasteiger partial charge in [0.1, 0.15) is 5.76 Å². The number of rotatable bonds is 9. The van der Waals surface area contributed by atoms with Crippen molar-refractivity contribution in [1.82, 2.24) is 0 Å². The Morgan fingerprint density at radius 2 is 1.88 bits per heavy atom. The van der Waals surface area contributed by atoms with Gasteiger partial charge in [-0.05, 0) is 37.0 Å². The van der Waals surface area contributed by atoms with Gasteiger partial charge in [0, 0.05) is 0 Å². The van der Waals surface area contributed by atoms with Crippen LogP contribution in [-0.2, 0) is 6.42 Å². The molecule has 1 nitrogen and oxygen atoms in total. The van der Waals surface area contributed by atoms with E-state index in [0.29, 0.717) is 0 Å². The van der Waals surface area contributed by atoms with Gasteiger partial charge in [0.05, 0.1) is 6.26 Å². The quantitative estimate of drug-likeness (QED) is 0.506. The molecule has 1 aromatic rings. The van der Waals surface area contributed by atoms with Gasteiger partial charge < -0.3 is 4.42 Å². The van der Waals surface area contributed by atoms with E-state index in [1.54, 1.807) is 0 Å². The molecule has 17 heavy (non-hydrogen) atoms. The Labute approximate surface area is 106 Å². The largest absolute Gasteiger partial charge is 0.465 e. The fourth-order valence-electron chi connectivity index (χ4n) is 1.95. The molecule has 0 aliphatic heterocycles. The Bertz CT molecular complexity index is 309. The molecule has 0 saturated heterocycles. The van der Waals surface area contributed by atoms with E-state index >= 15 is 0 Å². The Balaban J connectivity index is 2.34. The van der Waals surface area contributed by atoms with Gasteiger partial charge in [0.15, 0.2) is 0 Å². The van der Waals surface area contributed by atoms with E-state index in [2.05, 4.69) is 32.1 Å². The lowest BCUT2D eigenvalue weighted by Crippen LogP contribution is -1.85. The lowest BCUT2D eigenvalue weighted by Gasteiger charge is -1.99. The van der Waals surface area contributed by atoms with Crippen LogP contribution >= 0.6 is 0 Å². The molecule has 1 heterocycles. The van der Waals surface area contributed by atoms with Crippen molar-refractivity contribution in [2.45, 2.75) is 65.2 Å². The van der Waals surface area contributed by atoms with Crippen LogP contribution in [0.1, 0.15) is 70.1 Å². The van der Waals surface area contributed by atoms with Crippen LogP contribution in [-0.4, -0.2) is 0 Å². The van der Waals surface area contributed by atoms with Crippen molar-refractivity contribution in [1.29, 1.82) is 0 Å². The highest BCUT2D eigenvalue weighted by atomic mass is 16.3. The maximum absolute atomic E-state index is 5.52. The monoisotopic (exact) mass is 234 g/mol. The first-order valence-corrected chi connectivity index (χ1v) is 7.11. The van der Waals surface area contributed by atoms with Crippen LogP contribution in [0.5, 0.6) is 0 Å². The molecule has 0 bridgehead atoms. The first kappa shape index (κ1) is 14.1. The van der Waals surface area contributed by atoms with E-state index in [1.165, 1.54) is 44.1 Å². The van der Waals surface area contributed by atoms with Crippen LogP contribution in [0.15, 0.2) is 22.8 Å². The Morgan fingerprint density at radius 1 is 1.06 bits per heavy atom. The zero-order chi connectivity index (χ0) is 12.3. The van der Waals surface area contributed by atoms with Gasteiger partial charge in [-0.3, -0.25) is 0 Å². The summed E-state index contributed by atoms with van der Waals surface area (Å²) in [5, 5.41) is 0. The fraction of sp³-hybridized carbons (Fsp3) is 0.625. The third-order valence-electron chi connectivity index (χ3n) is 3.07. The summed E-state index contributed by atoms with van der Waals surface area (Å²) in [7, 11) is 0. The van der Waals surface area contributed by atoms with Crippen molar-refractivity contribution in [3.63, 3.8) is 0 Å². The Morgan fingerprint density at radius 3 is 2.65 bits per heavy atom. The SMILES string of the molecule is CCCC/C=C/c1occc1CCCCCC. The highest BCUT2D eigenvalue weighted by molar-refractivity contribution is 5.47. The summed E-state index contributed by atoms with van der Waals surface area (Å²) >= 11 is 0. The molecule has 0 radical (unpaired) electrons. The first-order chi connectivity index (χ1) is 8.38. The summed E-state index contributed by atoms with van der Waals surface area (Å²) < 4.78 is 5.52. The molecular weight excluding hydrogens is 208 g/mol.